The van der Waals surface area contributed by atoms with E-state index in [-0.39, 0.29) is 5.60 Å². The summed E-state index contributed by atoms with van der Waals surface area (Å²) in [6.07, 6.45) is 17.3. The molecule has 1 aromatic carbocycles. The average molecular weight is 548 g/mol. The quantitative estimate of drug-likeness (QED) is 0.341. The monoisotopic (exact) mass is 547 g/mol. The molecular formula is C38H61NO. The Morgan fingerprint density at radius 2 is 1.68 bits per heavy atom. The minimum absolute atomic E-state index is 0.0669. The minimum atomic E-state index is 0.0669. The van der Waals surface area contributed by atoms with Crippen LogP contribution < -0.4 is 0 Å². The van der Waals surface area contributed by atoms with Crippen LogP contribution in [0.25, 0.3) is 0 Å². The van der Waals surface area contributed by atoms with Crippen LogP contribution in [0.2, 0.25) is 0 Å². The van der Waals surface area contributed by atoms with Crippen LogP contribution in [0.5, 0.6) is 0 Å². The number of allylic oxidation sites excluding steroid dienone is 1. The first kappa shape index (κ1) is 30.3. The van der Waals surface area contributed by atoms with Gasteiger partial charge in [-0.05, 0) is 112 Å². The average Bonchev–Trinajstić information content (AvgIpc) is 3.46. The summed E-state index contributed by atoms with van der Waals surface area (Å²) in [5.74, 6) is 4.40. The van der Waals surface area contributed by atoms with E-state index in [9.17, 15) is 0 Å². The van der Waals surface area contributed by atoms with Gasteiger partial charge in [0.2, 0.25) is 0 Å². The summed E-state index contributed by atoms with van der Waals surface area (Å²) in [6, 6.07) is 11.7. The highest BCUT2D eigenvalue weighted by atomic mass is 16.5. The van der Waals surface area contributed by atoms with Crippen molar-refractivity contribution in [3.05, 3.63) is 47.0 Å². The van der Waals surface area contributed by atoms with E-state index in [4.69, 9.17) is 4.74 Å². The first-order chi connectivity index (χ1) is 19.5. The molecule has 9 atom stereocenters. The highest BCUT2D eigenvalue weighted by molar-refractivity contribution is 5.29. The number of nitrogens with zero attached hydrogens (tertiary/aromatic N) is 1. The maximum absolute atomic E-state index is 7.26. The first-order valence-corrected chi connectivity index (χ1v) is 17.6. The van der Waals surface area contributed by atoms with E-state index in [1.165, 1.54) is 89.2 Å². The van der Waals surface area contributed by atoms with Crippen molar-refractivity contribution in [1.82, 2.24) is 4.90 Å². The second-order valence-electron chi connectivity index (χ2n) is 14.2. The van der Waals surface area contributed by atoms with Gasteiger partial charge < -0.3 is 4.74 Å². The van der Waals surface area contributed by atoms with Crippen LogP contribution in [0, 0.1) is 35.0 Å². The summed E-state index contributed by atoms with van der Waals surface area (Å²) in [5.41, 5.74) is 5.79. The van der Waals surface area contributed by atoms with Crippen LogP contribution in [-0.4, -0.2) is 29.2 Å². The van der Waals surface area contributed by atoms with Crippen molar-refractivity contribution in [3.8, 4) is 0 Å². The van der Waals surface area contributed by atoms with Gasteiger partial charge in [-0.2, -0.15) is 0 Å². The molecule has 9 unspecified atom stereocenters. The largest absolute Gasteiger partial charge is 0.369 e. The third-order valence-corrected chi connectivity index (χ3v) is 12.8. The third-order valence-electron chi connectivity index (χ3n) is 12.8. The Bertz CT molecular complexity index is 1000. The zero-order chi connectivity index (χ0) is 28.5. The predicted molar refractivity (Wildman–Crippen MR) is 170 cm³/mol. The minimum Gasteiger partial charge on any atom is -0.369 e. The van der Waals surface area contributed by atoms with E-state index in [0.29, 0.717) is 23.5 Å². The maximum Gasteiger partial charge on any atom is 0.0765 e. The Balaban J connectivity index is 0.000000774. The SMILES string of the molecule is CC.CC.CC1=C2CC3C(CCC4CCCCC43C)C2CCC2(C1)OC1CCCN(Cc3ccccc3)C1C2C. The number of hydrogen-bond donors (Lipinski definition) is 0. The zero-order valence-corrected chi connectivity index (χ0v) is 27.2. The maximum atomic E-state index is 7.26. The van der Waals surface area contributed by atoms with Gasteiger partial charge in [0.1, 0.15) is 0 Å². The molecule has 0 radical (unpaired) electrons. The molecule has 1 spiro atoms. The summed E-state index contributed by atoms with van der Waals surface area (Å²) in [4.78, 5) is 2.79. The normalized spacial score (nSPS) is 42.3. The molecule has 0 N–H and O–H groups in total. The van der Waals surface area contributed by atoms with Crippen molar-refractivity contribution in [1.29, 1.82) is 0 Å². The van der Waals surface area contributed by atoms with Crippen LogP contribution in [0.1, 0.15) is 131 Å². The van der Waals surface area contributed by atoms with Crippen molar-refractivity contribution < 1.29 is 4.74 Å². The summed E-state index contributed by atoms with van der Waals surface area (Å²) in [7, 11) is 0. The Morgan fingerprint density at radius 3 is 2.45 bits per heavy atom. The summed E-state index contributed by atoms with van der Waals surface area (Å²) in [6.45, 7) is 18.1. The Kier molecular flexibility index (Phi) is 9.58. The van der Waals surface area contributed by atoms with E-state index in [1.54, 1.807) is 5.57 Å². The van der Waals surface area contributed by atoms with Gasteiger partial charge in [0.15, 0.2) is 0 Å². The number of fused-ring (bicyclic) bond motifs is 6. The van der Waals surface area contributed by atoms with E-state index < -0.39 is 0 Å². The van der Waals surface area contributed by atoms with Crippen molar-refractivity contribution in [2.45, 2.75) is 150 Å². The molecule has 2 nitrogen and oxygen atoms in total. The Labute approximate surface area is 247 Å². The zero-order valence-electron chi connectivity index (χ0n) is 27.2. The fourth-order valence-electron chi connectivity index (χ4n) is 10.9. The number of likely N-dealkylation sites (tertiary alicyclic amines) is 1. The topological polar surface area (TPSA) is 12.5 Å². The summed E-state index contributed by atoms with van der Waals surface area (Å²) < 4.78 is 7.26. The standard InChI is InChI=1S/C34H49NO.2C2H6/c1-23-21-34(24(2)32-31(36-34)13-9-19-35(32)22-25-10-5-4-6-11-25)18-16-27-28-15-14-26-12-7-8-17-33(26,3)30(28)20-29(23)27;2*1-2/h4-6,10-11,24,26-28,30-32H,7-9,12-22H2,1-3H3;2*1-2H3. The molecule has 2 aliphatic heterocycles. The van der Waals surface area contributed by atoms with Gasteiger partial charge in [-0.15, -0.1) is 0 Å². The predicted octanol–water partition coefficient (Wildman–Crippen LogP) is 10.2. The molecule has 3 saturated carbocycles. The van der Waals surface area contributed by atoms with Gasteiger partial charge in [-0.3, -0.25) is 4.90 Å². The second-order valence-corrected chi connectivity index (χ2v) is 14.2. The van der Waals surface area contributed by atoms with Crippen LogP contribution in [0.15, 0.2) is 41.5 Å². The molecule has 6 aliphatic rings. The molecule has 2 saturated heterocycles. The third kappa shape index (κ3) is 5.16. The van der Waals surface area contributed by atoms with Crippen molar-refractivity contribution in [2.75, 3.05) is 6.54 Å². The molecule has 224 valence electrons. The summed E-state index contributed by atoms with van der Waals surface area (Å²) in [5, 5.41) is 0. The van der Waals surface area contributed by atoms with Crippen molar-refractivity contribution >= 4 is 0 Å². The highest BCUT2D eigenvalue weighted by Gasteiger charge is 2.59. The van der Waals surface area contributed by atoms with Gasteiger partial charge in [-0.1, -0.05) is 95.9 Å². The number of ether oxygens (including phenoxy) is 1. The molecular weight excluding hydrogens is 486 g/mol. The molecule has 4 aliphatic carbocycles. The van der Waals surface area contributed by atoms with Gasteiger partial charge in [0, 0.05) is 18.5 Å². The lowest BCUT2D eigenvalue weighted by Crippen LogP contribution is -2.49. The molecule has 7 rings (SSSR count). The van der Waals surface area contributed by atoms with Gasteiger partial charge in [0.05, 0.1) is 11.7 Å². The van der Waals surface area contributed by atoms with E-state index in [0.717, 1.165) is 30.2 Å². The van der Waals surface area contributed by atoms with Crippen molar-refractivity contribution in [3.63, 3.8) is 0 Å². The first-order valence-electron chi connectivity index (χ1n) is 17.6. The lowest BCUT2D eigenvalue weighted by atomic mass is 9.52. The molecule has 0 amide bonds. The lowest BCUT2D eigenvalue weighted by Gasteiger charge is -2.52. The number of rotatable bonds is 2. The smallest absolute Gasteiger partial charge is 0.0765 e. The van der Waals surface area contributed by atoms with E-state index in [2.05, 4.69) is 56.0 Å². The van der Waals surface area contributed by atoms with Gasteiger partial charge in [-0.25, -0.2) is 0 Å². The lowest BCUT2D eigenvalue weighted by molar-refractivity contribution is -0.0754. The number of piperidine rings is 1. The molecule has 1 aromatic rings. The Hall–Kier alpha value is -1.12. The molecule has 2 heteroatoms. The van der Waals surface area contributed by atoms with Crippen molar-refractivity contribution in [2.24, 2.45) is 35.0 Å². The fraction of sp³-hybridized carbons (Fsp3) is 0.789. The molecule has 0 aromatic heterocycles. The van der Waals surface area contributed by atoms with Crippen LogP contribution in [-0.2, 0) is 11.3 Å². The van der Waals surface area contributed by atoms with Crippen LogP contribution >= 0.6 is 0 Å². The summed E-state index contributed by atoms with van der Waals surface area (Å²) >= 11 is 0. The van der Waals surface area contributed by atoms with E-state index in [1.807, 2.05) is 33.3 Å². The number of hydrogen-bond acceptors (Lipinski definition) is 2. The molecule has 0 bridgehead atoms. The second kappa shape index (κ2) is 12.6. The molecule has 5 fully saturated rings. The van der Waals surface area contributed by atoms with Gasteiger partial charge >= 0.3 is 0 Å². The molecule has 40 heavy (non-hydrogen) atoms. The Morgan fingerprint density at radius 1 is 0.900 bits per heavy atom. The molecule has 2 heterocycles. The van der Waals surface area contributed by atoms with Crippen LogP contribution in [0.3, 0.4) is 0 Å². The van der Waals surface area contributed by atoms with Gasteiger partial charge in [0.25, 0.3) is 0 Å². The van der Waals surface area contributed by atoms with Crippen LogP contribution in [0.4, 0.5) is 0 Å². The fourth-order valence-corrected chi connectivity index (χ4v) is 10.9. The number of benzene rings is 1. The highest BCUT2D eigenvalue weighted by Crippen LogP contribution is 2.65. The van der Waals surface area contributed by atoms with E-state index >= 15 is 0 Å².